The van der Waals surface area contributed by atoms with Crippen LogP contribution < -0.4 is 0 Å². The second-order valence-corrected chi connectivity index (χ2v) is 5.44. The molecule has 2 aromatic rings. The Morgan fingerprint density at radius 1 is 1.05 bits per heavy atom. The van der Waals surface area contributed by atoms with Gasteiger partial charge in [0.05, 0.1) is 0 Å². The molecule has 1 aliphatic rings. The molecule has 0 aliphatic heterocycles. The van der Waals surface area contributed by atoms with Crippen LogP contribution in [0.15, 0.2) is 54.6 Å². The van der Waals surface area contributed by atoms with E-state index in [0.717, 1.165) is 12.3 Å². The Kier molecular flexibility index (Phi) is 12.8. The maximum Gasteiger partial charge on any atom is 0 e. The van der Waals surface area contributed by atoms with Crippen molar-refractivity contribution in [3.63, 3.8) is 0 Å². The summed E-state index contributed by atoms with van der Waals surface area (Å²) in [7, 11) is 0. The predicted octanol–water partition coefficient (Wildman–Crippen LogP) is 5.53. The van der Waals surface area contributed by atoms with Crippen LogP contribution >= 0.6 is 0 Å². The number of aryl methyl sites for hydroxylation is 1. The van der Waals surface area contributed by atoms with Crippen molar-refractivity contribution in [3.05, 3.63) is 84.6 Å². The van der Waals surface area contributed by atoms with E-state index >= 15 is 0 Å². The molecular formula is C20H24WY-2. The SMILES string of the molecule is Cc1ccc(C2C[CH-]CC2)cc1.[CH2-]Cc1ccccc1.[W].[Y]. The standard InChI is InChI=1S/C12H15.C8H9.W.Y/c1-10-6-8-12(9-7-10)11-4-2-3-5-11;1-2-8-6-4-3-5-7-8;;/h2,6-9,11H,3-5H2,1H3;3-7H,1-2H2;;/q2*-1;;. The number of hydrogen-bond acceptors (Lipinski definition) is 0. The van der Waals surface area contributed by atoms with Crippen LogP contribution in [0.4, 0.5) is 0 Å². The van der Waals surface area contributed by atoms with Crippen LogP contribution in [-0.2, 0) is 60.2 Å². The molecule has 1 radical (unpaired) electrons. The summed E-state index contributed by atoms with van der Waals surface area (Å²) in [5.74, 6) is 0.811. The molecule has 2 heteroatoms. The van der Waals surface area contributed by atoms with Gasteiger partial charge in [-0.25, -0.2) is 0 Å². The summed E-state index contributed by atoms with van der Waals surface area (Å²) in [6.07, 6.45) is 7.23. The van der Waals surface area contributed by atoms with Gasteiger partial charge in [-0.3, -0.25) is 0 Å². The minimum atomic E-state index is 0. The molecule has 0 amide bonds. The third-order valence-electron chi connectivity index (χ3n) is 3.85. The molecule has 115 valence electrons. The zero-order valence-corrected chi connectivity index (χ0v) is 19.1. The summed E-state index contributed by atoms with van der Waals surface area (Å²) in [6, 6.07) is 19.2. The fourth-order valence-corrected chi connectivity index (χ4v) is 2.54. The van der Waals surface area contributed by atoms with Gasteiger partial charge in [0.15, 0.2) is 0 Å². The summed E-state index contributed by atoms with van der Waals surface area (Å²) in [6.45, 7) is 5.90. The summed E-state index contributed by atoms with van der Waals surface area (Å²) >= 11 is 0. The van der Waals surface area contributed by atoms with Crippen LogP contribution in [-0.4, -0.2) is 0 Å². The largest absolute Gasteiger partial charge is 0.339 e. The zero-order chi connectivity index (χ0) is 14.2. The number of benzene rings is 2. The van der Waals surface area contributed by atoms with E-state index in [2.05, 4.69) is 56.7 Å². The molecule has 1 saturated carbocycles. The van der Waals surface area contributed by atoms with E-state index in [9.17, 15) is 0 Å². The molecule has 0 heterocycles. The van der Waals surface area contributed by atoms with Crippen molar-refractivity contribution >= 4 is 0 Å². The van der Waals surface area contributed by atoms with Gasteiger partial charge in [0.2, 0.25) is 0 Å². The maximum atomic E-state index is 3.76. The van der Waals surface area contributed by atoms with Crippen molar-refractivity contribution in [2.24, 2.45) is 0 Å². The Labute approximate surface area is 175 Å². The van der Waals surface area contributed by atoms with E-state index < -0.39 is 0 Å². The van der Waals surface area contributed by atoms with Crippen LogP contribution in [0.1, 0.15) is 41.9 Å². The van der Waals surface area contributed by atoms with E-state index in [1.165, 1.54) is 36.0 Å². The molecule has 1 fully saturated rings. The molecule has 0 saturated heterocycles. The van der Waals surface area contributed by atoms with Crippen molar-refractivity contribution in [3.8, 4) is 0 Å². The van der Waals surface area contributed by atoms with Crippen LogP contribution in [0.5, 0.6) is 0 Å². The van der Waals surface area contributed by atoms with E-state index in [-0.39, 0.29) is 53.8 Å². The van der Waals surface area contributed by atoms with Crippen LogP contribution in [0.2, 0.25) is 0 Å². The Hall–Kier alpha value is 0.232. The first kappa shape index (κ1) is 22.2. The summed E-state index contributed by atoms with van der Waals surface area (Å²) in [5.41, 5.74) is 4.18. The molecule has 1 atom stereocenters. The summed E-state index contributed by atoms with van der Waals surface area (Å²) < 4.78 is 0. The number of hydrogen-bond donors (Lipinski definition) is 0. The van der Waals surface area contributed by atoms with E-state index in [4.69, 9.17) is 0 Å². The average molecular weight is 537 g/mol. The zero-order valence-electron chi connectivity index (χ0n) is 13.4. The molecule has 0 aromatic heterocycles. The van der Waals surface area contributed by atoms with Crippen LogP contribution in [0.3, 0.4) is 0 Å². The van der Waals surface area contributed by atoms with Gasteiger partial charge < -0.3 is 13.3 Å². The fraction of sp³-hybridized carbons (Fsp3) is 0.300. The second kappa shape index (κ2) is 12.6. The van der Waals surface area contributed by atoms with Crippen LogP contribution in [0, 0.1) is 20.3 Å². The second-order valence-electron chi connectivity index (χ2n) is 5.44. The molecule has 1 unspecified atom stereocenters. The van der Waals surface area contributed by atoms with Crippen molar-refractivity contribution < 1.29 is 53.8 Å². The van der Waals surface area contributed by atoms with E-state index in [1.54, 1.807) is 0 Å². The Morgan fingerprint density at radius 3 is 2.14 bits per heavy atom. The van der Waals surface area contributed by atoms with Gasteiger partial charge in [-0.1, -0.05) is 72.1 Å². The molecule has 0 bridgehead atoms. The molecule has 0 nitrogen and oxygen atoms in total. The van der Waals surface area contributed by atoms with Gasteiger partial charge in [-0.2, -0.15) is 19.3 Å². The minimum Gasteiger partial charge on any atom is -0.339 e. The molecule has 3 rings (SSSR count). The molecule has 22 heavy (non-hydrogen) atoms. The van der Waals surface area contributed by atoms with E-state index in [0.29, 0.717) is 0 Å². The van der Waals surface area contributed by atoms with Gasteiger partial charge in [-0.05, 0) is 18.4 Å². The van der Waals surface area contributed by atoms with Crippen molar-refractivity contribution in [2.75, 3.05) is 0 Å². The van der Waals surface area contributed by atoms with Crippen molar-refractivity contribution in [1.82, 2.24) is 0 Å². The van der Waals surface area contributed by atoms with E-state index in [1.807, 2.05) is 18.2 Å². The maximum absolute atomic E-state index is 3.76. The topological polar surface area (TPSA) is 0 Å². The molecule has 2 aromatic carbocycles. The molecule has 1 aliphatic carbocycles. The fourth-order valence-electron chi connectivity index (χ4n) is 2.54. The van der Waals surface area contributed by atoms with Crippen LogP contribution in [0.25, 0.3) is 0 Å². The Morgan fingerprint density at radius 2 is 1.68 bits per heavy atom. The first-order valence-electron chi connectivity index (χ1n) is 7.51. The normalized spacial score (nSPS) is 15.8. The Balaban J connectivity index is 0.000000393. The smallest absolute Gasteiger partial charge is 0 e. The van der Waals surface area contributed by atoms with Crippen molar-refractivity contribution in [2.45, 2.75) is 38.5 Å². The van der Waals surface area contributed by atoms with Gasteiger partial charge in [0.25, 0.3) is 0 Å². The van der Waals surface area contributed by atoms with Crippen molar-refractivity contribution in [1.29, 1.82) is 0 Å². The third-order valence-corrected chi connectivity index (χ3v) is 3.85. The third kappa shape index (κ3) is 7.67. The monoisotopic (exact) mass is 537 g/mol. The molecular weight excluding hydrogens is 513 g/mol. The summed E-state index contributed by atoms with van der Waals surface area (Å²) in [5, 5.41) is 0. The average Bonchev–Trinajstić information content (AvgIpc) is 3.04. The molecule has 0 spiro atoms. The first-order valence-corrected chi connectivity index (χ1v) is 7.51. The number of rotatable bonds is 2. The first-order chi connectivity index (χ1) is 9.79. The van der Waals surface area contributed by atoms with Gasteiger partial charge in [0.1, 0.15) is 0 Å². The van der Waals surface area contributed by atoms with Gasteiger partial charge in [0, 0.05) is 53.8 Å². The van der Waals surface area contributed by atoms with Gasteiger partial charge in [-0.15, -0.1) is 0 Å². The molecule has 0 N–H and O–H groups in total. The predicted molar refractivity (Wildman–Crippen MR) is 87.6 cm³/mol. The quantitative estimate of drug-likeness (QED) is 0.443. The summed E-state index contributed by atoms with van der Waals surface area (Å²) in [4.78, 5) is 0. The Bertz CT molecular complexity index is 487. The minimum absolute atomic E-state index is 0. The van der Waals surface area contributed by atoms with Gasteiger partial charge >= 0.3 is 0 Å².